The van der Waals surface area contributed by atoms with Crippen LogP contribution in [-0.4, -0.2) is 62.7 Å². The molecule has 0 radical (unpaired) electrons. The highest BCUT2D eigenvalue weighted by Gasteiger charge is 2.47. The van der Waals surface area contributed by atoms with Crippen molar-refractivity contribution in [3.63, 3.8) is 0 Å². The average molecular weight is 392 g/mol. The predicted octanol–water partition coefficient (Wildman–Crippen LogP) is 3.90. The van der Waals surface area contributed by atoms with Gasteiger partial charge in [-0.3, -0.25) is 9.80 Å². The van der Waals surface area contributed by atoms with Gasteiger partial charge < -0.3 is 9.64 Å². The number of piperidine rings is 1. The zero-order valence-corrected chi connectivity index (χ0v) is 17.7. The van der Waals surface area contributed by atoms with E-state index in [2.05, 4.69) is 76.3 Å². The summed E-state index contributed by atoms with van der Waals surface area (Å²) in [5, 5.41) is 0. The summed E-state index contributed by atoms with van der Waals surface area (Å²) in [5.41, 5.74) is 2.83. The van der Waals surface area contributed by atoms with Crippen LogP contribution in [0.1, 0.15) is 24.4 Å². The van der Waals surface area contributed by atoms with Crippen LogP contribution in [-0.2, 0) is 0 Å². The van der Waals surface area contributed by atoms with Gasteiger partial charge in [-0.05, 0) is 61.6 Å². The fraction of sp³-hybridized carbons (Fsp3) is 0.520. The first kappa shape index (κ1) is 19.0. The molecule has 3 atom stereocenters. The van der Waals surface area contributed by atoms with Crippen molar-refractivity contribution in [2.75, 3.05) is 51.8 Å². The molecule has 0 aromatic heterocycles. The maximum atomic E-state index is 5.30. The summed E-state index contributed by atoms with van der Waals surface area (Å²) in [6, 6.07) is 21.0. The Morgan fingerprint density at radius 3 is 2.28 bits per heavy atom. The predicted molar refractivity (Wildman–Crippen MR) is 119 cm³/mol. The second-order valence-corrected chi connectivity index (χ2v) is 9.09. The molecular weight excluding hydrogens is 358 g/mol. The van der Waals surface area contributed by atoms with Crippen molar-refractivity contribution in [2.24, 2.45) is 11.8 Å². The summed E-state index contributed by atoms with van der Waals surface area (Å²) in [6.45, 7) is 6.11. The quantitative estimate of drug-likeness (QED) is 0.787. The molecule has 5 rings (SSSR count). The number of rotatable bonds is 4. The van der Waals surface area contributed by atoms with Crippen LogP contribution in [0.5, 0.6) is 5.75 Å². The third kappa shape index (κ3) is 3.64. The number of benzene rings is 2. The molecule has 0 saturated carbocycles. The van der Waals surface area contributed by atoms with E-state index < -0.39 is 0 Å². The molecule has 3 aliphatic rings. The van der Waals surface area contributed by atoms with E-state index in [1.165, 1.54) is 43.7 Å². The summed E-state index contributed by atoms with van der Waals surface area (Å²) in [5.74, 6) is 2.54. The number of hydrogen-bond acceptors (Lipinski definition) is 4. The van der Waals surface area contributed by atoms with Crippen LogP contribution in [0.3, 0.4) is 0 Å². The lowest BCUT2D eigenvalue weighted by Crippen LogP contribution is -2.45. The maximum Gasteiger partial charge on any atom is 0.119 e. The molecule has 3 saturated heterocycles. The number of anilines is 1. The van der Waals surface area contributed by atoms with Crippen molar-refractivity contribution in [1.82, 2.24) is 9.80 Å². The minimum Gasteiger partial charge on any atom is -0.497 e. The molecule has 0 N–H and O–H groups in total. The minimum absolute atomic E-state index is 0.589. The first-order chi connectivity index (χ1) is 14.2. The summed E-state index contributed by atoms with van der Waals surface area (Å²) in [7, 11) is 4.04. The zero-order valence-electron chi connectivity index (χ0n) is 17.7. The molecule has 2 aromatic carbocycles. The highest BCUT2D eigenvalue weighted by atomic mass is 16.5. The highest BCUT2D eigenvalue weighted by molar-refractivity contribution is 5.49. The van der Waals surface area contributed by atoms with Crippen molar-refractivity contribution >= 4 is 5.69 Å². The first-order valence-corrected chi connectivity index (χ1v) is 11.1. The molecule has 3 aliphatic heterocycles. The van der Waals surface area contributed by atoms with Crippen LogP contribution < -0.4 is 9.64 Å². The normalized spacial score (nSPS) is 28.6. The Balaban J connectivity index is 1.21. The molecule has 0 unspecified atom stereocenters. The summed E-state index contributed by atoms with van der Waals surface area (Å²) in [4.78, 5) is 7.95. The van der Waals surface area contributed by atoms with E-state index in [0.717, 1.165) is 36.7 Å². The zero-order chi connectivity index (χ0) is 19.8. The Bertz CT molecular complexity index is 801. The van der Waals surface area contributed by atoms with E-state index in [4.69, 9.17) is 4.74 Å². The lowest BCUT2D eigenvalue weighted by Gasteiger charge is -2.38. The molecule has 4 heteroatoms. The molecule has 3 heterocycles. The Labute approximate surface area is 175 Å². The molecule has 154 valence electrons. The van der Waals surface area contributed by atoms with E-state index in [1.807, 2.05) is 0 Å². The SMILES string of the molecule is COc1ccc(N2CCC(N3C[C@@H]4CN(C)[C@@H](c5ccccc5)[C@@H]4C3)CC2)cc1. The monoisotopic (exact) mass is 391 g/mol. The number of likely N-dealkylation sites (tertiary alicyclic amines) is 2. The molecule has 2 aromatic rings. The smallest absolute Gasteiger partial charge is 0.119 e. The van der Waals surface area contributed by atoms with Gasteiger partial charge in [0.25, 0.3) is 0 Å². The third-order valence-corrected chi connectivity index (χ3v) is 7.48. The standard InChI is InChI=1S/C25H33N3O/c1-26-16-20-17-28(18-24(20)25(26)19-6-4-3-5-7-19)22-12-14-27(15-13-22)21-8-10-23(29-2)11-9-21/h3-11,20,22,24-25H,12-18H2,1-2H3/t20-,24+,25-/m0/s1. The number of methoxy groups -OCH3 is 1. The Morgan fingerprint density at radius 1 is 0.862 bits per heavy atom. The van der Waals surface area contributed by atoms with Gasteiger partial charge in [-0.15, -0.1) is 0 Å². The summed E-state index contributed by atoms with van der Waals surface area (Å²) >= 11 is 0. The van der Waals surface area contributed by atoms with Crippen LogP contribution >= 0.6 is 0 Å². The average Bonchev–Trinajstić information content (AvgIpc) is 3.31. The van der Waals surface area contributed by atoms with Gasteiger partial charge in [0.2, 0.25) is 0 Å². The summed E-state index contributed by atoms with van der Waals surface area (Å²) < 4.78 is 5.30. The number of fused-ring (bicyclic) bond motifs is 1. The van der Waals surface area contributed by atoms with E-state index in [1.54, 1.807) is 7.11 Å². The topological polar surface area (TPSA) is 19.0 Å². The van der Waals surface area contributed by atoms with Crippen molar-refractivity contribution in [3.05, 3.63) is 60.2 Å². The van der Waals surface area contributed by atoms with Crippen molar-refractivity contribution < 1.29 is 4.74 Å². The van der Waals surface area contributed by atoms with Crippen molar-refractivity contribution in [2.45, 2.75) is 24.9 Å². The van der Waals surface area contributed by atoms with Crippen LogP contribution in [0.2, 0.25) is 0 Å². The fourth-order valence-corrected chi connectivity index (χ4v) is 6.02. The van der Waals surface area contributed by atoms with Crippen LogP contribution in [0.4, 0.5) is 5.69 Å². The lowest BCUT2D eigenvalue weighted by atomic mass is 9.90. The second-order valence-electron chi connectivity index (χ2n) is 9.09. The van der Waals surface area contributed by atoms with Gasteiger partial charge in [0.15, 0.2) is 0 Å². The van der Waals surface area contributed by atoms with E-state index in [-0.39, 0.29) is 0 Å². The number of hydrogen-bond donors (Lipinski definition) is 0. The van der Waals surface area contributed by atoms with Crippen LogP contribution in [0.15, 0.2) is 54.6 Å². The number of nitrogens with zero attached hydrogens (tertiary/aromatic N) is 3. The maximum absolute atomic E-state index is 5.30. The van der Waals surface area contributed by atoms with Gasteiger partial charge in [-0.2, -0.15) is 0 Å². The van der Waals surface area contributed by atoms with Crippen molar-refractivity contribution in [1.29, 1.82) is 0 Å². The minimum atomic E-state index is 0.589. The van der Waals surface area contributed by atoms with E-state index >= 15 is 0 Å². The molecule has 4 nitrogen and oxygen atoms in total. The molecule has 0 amide bonds. The van der Waals surface area contributed by atoms with Crippen molar-refractivity contribution in [3.8, 4) is 5.75 Å². The van der Waals surface area contributed by atoms with Gasteiger partial charge >= 0.3 is 0 Å². The second kappa shape index (κ2) is 8.00. The summed E-state index contributed by atoms with van der Waals surface area (Å²) in [6.07, 6.45) is 2.55. The van der Waals surface area contributed by atoms with Gasteiger partial charge in [0, 0.05) is 50.5 Å². The first-order valence-electron chi connectivity index (χ1n) is 11.1. The Morgan fingerprint density at radius 2 is 1.59 bits per heavy atom. The highest BCUT2D eigenvalue weighted by Crippen LogP contribution is 2.45. The Hall–Kier alpha value is -2.04. The number of ether oxygens (including phenoxy) is 1. The lowest BCUT2D eigenvalue weighted by molar-refractivity contribution is 0.167. The largest absolute Gasteiger partial charge is 0.497 e. The van der Waals surface area contributed by atoms with Gasteiger partial charge in [0.1, 0.15) is 5.75 Å². The van der Waals surface area contributed by atoms with Crippen LogP contribution in [0, 0.1) is 11.8 Å². The van der Waals surface area contributed by atoms with Gasteiger partial charge in [-0.25, -0.2) is 0 Å². The molecular formula is C25H33N3O. The molecule has 29 heavy (non-hydrogen) atoms. The van der Waals surface area contributed by atoms with E-state index in [9.17, 15) is 0 Å². The fourth-order valence-electron chi connectivity index (χ4n) is 6.02. The molecule has 0 spiro atoms. The molecule has 3 fully saturated rings. The van der Waals surface area contributed by atoms with E-state index in [0.29, 0.717) is 6.04 Å². The molecule has 0 bridgehead atoms. The Kier molecular flexibility index (Phi) is 5.23. The third-order valence-electron chi connectivity index (χ3n) is 7.48. The van der Waals surface area contributed by atoms with Crippen LogP contribution in [0.25, 0.3) is 0 Å². The molecule has 0 aliphatic carbocycles. The van der Waals surface area contributed by atoms with Gasteiger partial charge in [-0.1, -0.05) is 30.3 Å². The van der Waals surface area contributed by atoms with Gasteiger partial charge in [0.05, 0.1) is 7.11 Å².